The lowest BCUT2D eigenvalue weighted by Crippen LogP contribution is -2.47. The molecule has 4 heteroatoms. The molecule has 2 rings (SSSR count). The first-order chi connectivity index (χ1) is 8.25. The van der Waals surface area contributed by atoms with Crippen molar-refractivity contribution in [2.75, 3.05) is 39.8 Å². The summed E-state index contributed by atoms with van der Waals surface area (Å²) in [6.07, 6.45) is 5.48. The van der Waals surface area contributed by atoms with Crippen molar-refractivity contribution in [3.8, 4) is 0 Å². The van der Waals surface area contributed by atoms with E-state index in [-0.39, 0.29) is 0 Å². The molecule has 17 heavy (non-hydrogen) atoms. The number of carbonyl (C=O) groups excluding carboxylic acids is 1. The van der Waals surface area contributed by atoms with Crippen LogP contribution in [0.25, 0.3) is 0 Å². The Morgan fingerprint density at radius 3 is 2.65 bits per heavy atom. The molecule has 1 atom stereocenters. The zero-order chi connectivity index (χ0) is 12.1. The van der Waals surface area contributed by atoms with Crippen LogP contribution in [-0.2, 0) is 9.53 Å². The predicted octanol–water partition coefficient (Wildman–Crippen LogP) is 1.11. The summed E-state index contributed by atoms with van der Waals surface area (Å²) in [5.41, 5.74) is 0. The summed E-state index contributed by atoms with van der Waals surface area (Å²) < 4.78 is 5.65. The van der Waals surface area contributed by atoms with Crippen LogP contribution in [0.3, 0.4) is 0 Å². The van der Waals surface area contributed by atoms with Crippen LogP contribution in [0.1, 0.15) is 32.1 Å². The molecule has 0 aromatic heterocycles. The second kappa shape index (κ2) is 6.36. The summed E-state index contributed by atoms with van der Waals surface area (Å²) in [6.45, 7) is 4.67. The first-order valence-corrected chi connectivity index (χ1v) is 6.83. The van der Waals surface area contributed by atoms with Crippen molar-refractivity contribution in [2.45, 2.75) is 38.2 Å². The lowest BCUT2D eigenvalue weighted by molar-refractivity contribution is -0.133. The molecule has 2 fully saturated rings. The van der Waals surface area contributed by atoms with Crippen molar-refractivity contribution in [2.24, 2.45) is 0 Å². The Kier molecular flexibility index (Phi) is 4.80. The number of nitrogens with zero attached hydrogens (tertiary/aromatic N) is 2. The average molecular weight is 240 g/mol. The number of carbonyl (C=O) groups is 1. The van der Waals surface area contributed by atoms with Crippen molar-refractivity contribution in [3.63, 3.8) is 0 Å². The van der Waals surface area contributed by atoms with Crippen LogP contribution in [0.4, 0.5) is 0 Å². The first-order valence-electron chi connectivity index (χ1n) is 6.83. The van der Waals surface area contributed by atoms with Gasteiger partial charge in [-0.1, -0.05) is 0 Å². The fourth-order valence-electron chi connectivity index (χ4n) is 2.53. The Balaban J connectivity index is 1.66. The largest absolute Gasteiger partial charge is 0.378 e. The minimum atomic E-state index is 0.312. The van der Waals surface area contributed by atoms with Gasteiger partial charge < -0.3 is 14.5 Å². The standard InChI is InChI=1S/C13H24N2O2/c1-14-7-9-15(10-8-14)13(16)6-5-12-4-2-3-11-17-12/h12H,2-11H2,1H3. The van der Waals surface area contributed by atoms with Crippen LogP contribution in [0.2, 0.25) is 0 Å². The number of piperazine rings is 1. The van der Waals surface area contributed by atoms with Crippen LogP contribution in [-0.4, -0.2) is 61.6 Å². The lowest BCUT2D eigenvalue weighted by Gasteiger charge is -2.33. The average Bonchev–Trinajstić information content (AvgIpc) is 2.38. The molecule has 0 saturated carbocycles. The molecule has 0 spiro atoms. The number of likely N-dealkylation sites (N-methyl/N-ethyl adjacent to an activating group) is 1. The van der Waals surface area contributed by atoms with Crippen LogP contribution < -0.4 is 0 Å². The monoisotopic (exact) mass is 240 g/mol. The smallest absolute Gasteiger partial charge is 0.222 e. The Hall–Kier alpha value is -0.610. The zero-order valence-corrected chi connectivity index (χ0v) is 10.9. The van der Waals surface area contributed by atoms with E-state index in [4.69, 9.17) is 4.74 Å². The summed E-state index contributed by atoms with van der Waals surface area (Å²) >= 11 is 0. The van der Waals surface area contributed by atoms with E-state index < -0.39 is 0 Å². The van der Waals surface area contributed by atoms with E-state index in [0.29, 0.717) is 18.4 Å². The molecule has 2 saturated heterocycles. The molecular weight excluding hydrogens is 216 g/mol. The van der Waals surface area contributed by atoms with Gasteiger partial charge in [-0.2, -0.15) is 0 Å². The van der Waals surface area contributed by atoms with Gasteiger partial charge in [0.25, 0.3) is 0 Å². The summed E-state index contributed by atoms with van der Waals surface area (Å²) in [6, 6.07) is 0. The van der Waals surface area contributed by atoms with Gasteiger partial charge in [-0.15, -0.1) is 0 Å². The highest BCUT2D eigenvalue weighted by atomic mass is 16.5. The summed E-state index contributed by atoms with van der Waals surface area (Å²) in [5, 5.41) is 0. The molecule has 0 bridgehead atoms. The molecular formula is C13H24N2O2. The molecule has 1 amide bonds. The third-order valence-corrected chi connectivity index (χ3v) is 3.81. The zero-order valence-electron chi connectivity index (χ0n) is 10.9. The second-order valence-electron chi connectivity index (χ2n) is 5.21. The Bertz CT molecular complexity index is 244. The van der Waals surface area contributed by atoms with Gasteiger partial charge in [0.05, 0.1) is 6.10 Å². The van der Waals surface area contributed by atoms with Crippen LogP contribution >= 0.6 is 0 Å². The fourth-order valence-corrected chi connectivity index (χ4v) is 2.53. The third kappa shape index (κ3) is 3.96. The molecule has 98 valence electrons. The van der Waals surface area contributed by atoms with E-state index in [1.807, 2.05) is 4.90 Å². The second-order valence-corrected chi connectivity index (χ2v) is 5.21. The number of amides is 1. The highest BCUT2D eigenvalue weighted by molar-refractivity contribution is 5.76. The van der Waals surface area contributed by atoms with Crippen LogP contribution in [0.15, 0.2) is 0 Å². The van der Waals surface area contributed by atoms with Crippen molar-refractivity contribution in [3.05, 3.63) is 0 Å². The number of rotatable bonds is 3. The van der Waals surface area contributed by atoms with Gasteiger partial charge >= 0.3 is 0 Å². The number of ether oxygens (including phenoxy) is 1. The van der Waals surface area contributed by atoms with E-state index in [1.54, 1.807) is 0 Å². The van der Waals surface area contributed by atoms with Gasteiger partial charge in [0.15, 0.2) is 0 Å². The molecule has 2 aliphatic heterocycles. The van der Waals surface area contributed by atoms with E-state index in [9.17, 15) is 4.79 Å². The van der Waals surface area contributed by atoms with E-state index in [0.717, 1.165) is 45.6 Å². The SMILES string of the molecule is CN1CCN(C(=O)CCC2CCCCO2)CC1. The predicted molar refractivity (Wildman–Crippen MR) is 66.9 cm³/mol. The molecule has 2 aliphatic rings. The van der Waals surface area contributed by atoms with Gasteiger partial charge in [0.2, 0.25) is 5.91 Å². The number of hydrogen-bond acceptors (Lipinski definition) is 3. The van der Waals surface area contributed by atoms with Crippen molar-refractivity contribution in [1.29, 1.82) is 0 Å². The minimum absolute atomic E-state index is 0.312. The van der Waals surface area contributed by atoms with E-state index >= 15 is 0 Å². The molecule has 0 aliphatic carbocycles. The maximum absolute atomic E-state index is 12.0. The maximum atomic E-state index is 12.0. The highest BCUT2D eigenvalue weighted by Gasteiger charge is 2.21. The lowest BCUT2D eigenvalue weighted by atomic mass is 10.0. The molecule has 0 N–H and O–H groups in total. The molecule has 0 aromatic carbocycles. The third-order valence-electron chi connectivity index (χ3n) is 3.81. The summed E-state index contributed by atoms with van der Waals surface area (Å²) in [4.78, 5) is 16.3. The minimum Gasteiger partial charge on any atom is -0.378 e. The fraction of sp³-hybridized carbons (Fsp3) is 0.923. The molecule has 0 aromatic rings. The van der Waals surface area contributed by atoms with Gasteiger partial charge in [-0.05, 0) is 32.7 Å². The summed E-state index contributed by atoms with van der Waals surface area (Å²) in [5.74, 6) is 0.312. The van der Waals surface area contributed by atoms with Gasteiger partial charge in [-0.3, -0.25) is 4.79 Å². The Morgan fingerprint density at radius 1 is 1.24 bits per heavy atom. The maximum Gasteiger partial charge on any atom is 0.222 e. The molecule has 2 heterocycles. The van der Waals surface area contributed by atoms with Crippen LogP contribution in [0.5, 0.6) is 0 Å². The van der Waals surface area contributed by atoms with E-state index in [2.05, 4.69) is 11.9 Å². The van der Waals surface area contributed by atoms with Gasteiger partial charge in [0.1, 0.15) is 0 Å². The van der Waals surface area contributed by atoms with Crippen molar-refractivity contribution < 1.29 is 9.53 Å². The quantitative estimate of drug-likeness (QED) is 0.741. The van der Waals surface area contributed by atoms with E-state index in [1.165, 1.54) is 12.8 Å². The highest BCUT2D eigenvalue weighted by Crippen LogP contribution is 2.17. The van der Waals surface area contributed by atoms with Crippen LogP contribution in [0, 0.1) is 0 Å². The molecule has 1 unspecified atom stereocenters. The summed E-state index contributed by atoms with van der Waals surface area (Å²) in [7, 11) is 2.11. The molecule has 0 radical (unpaired) electrons. The van der Waals surface area contributed by atoms with Gasteiger partial charge in [-0.25, -0.2) is 0 Å². The number of hydrogen-bond donors (Lipinski definition) is 0. The topological polar surface area (TPSA) is 32.8 Å². The normalized spacial score (nSPS) is 27.1. The Morgan fingerprint density at radius 2 is 2.00 bits per heavy atom. The first kappa shape index (κ1) is 12.8. The van der Waals surface area contributed by atoms with Crippen molar-refractivity contribution >= 4 is 5.91 Å². The Labute approximate surface area is 104 Å². The molecule has 4 nitrogen and oxygen atoms in total. The van der Waals surface area contributed by atoms with Crippen molar-refractivity contribution in [1.82, 2.24) is 9.80 Å². The van der Waals surface area contributed by atoms with Gasteiger partial charge in [0, 0.05) is 39.2 Å².